The molecule has 2 amide bonds. The van der Waals surface area contributed by atoms with Gasteiger partial charge < -0.3 is 16.5 Å². The quantitative estimate of drug-likeness (QED) is 0.182. The summed E-state index contributed by atoms with van der Waals surface area (Å²) in [6.45, 7) is 1.40. The number of hydrogen-bond donors (Lipinski definition) is 4. The molecule has 3 rings (SSSR count). The molecule has 0 saturated carbocycles. The number of nitrogens with two attached hydrogens (primary N) is 1. The maximum atomic E-state index is 13.6. The van der Waals surface area contributed by atoms with Gasteiger partial charge in [0.15, 0.2) is 0 Å². The van der Waals surface area contributed by atoms with Crippen LogP contribution in [0.15, 0.2) is 58.8 Å². The molecule has 5 N–H and O–H groups in total. The van der Waals surface area contributed by atoms with Crippen molar-refractivity contribution < 1.29 is 14.0 Å². The second-order valence-corrected chi connectivity index (χ2v) is 7.11. The highest BCUT2D eigenvalue weighted by Crippen LogP contribution is 2.19. The molecule has 0 spiro atoms. The van der Waals surface area contributed by atoms with Crippen molar-refractivity contribution in [3.05, 3.63) is 59.9 Å². The van der Waals surface area contributed by atoms with Crippen molar-refractivity contribution in [2.45, 2.75) is 12.1 Å². The van der Waals surface area contributed by atoms with E-state index in [0.717, 1.165) is 16.4 Å². The number of benzene rings is 2. The smallest absolute Gasteiger partial charge is 0.264 e. The van der Waals surface area contributed by atoms with E-state index in [0.29, 0.717) is 16.9 Å². The van der Waals surface area contributed by atoms with Crippen molar-refractivity contribution in [1.29, 1.82) is 0 Å². The molecule has 0 fully saturated rings. The summed E-state index contributed by atoms with van der Waals surface area (Å²) in [6, 6.07) is 12.9. The molecule has 10 nitrogen and oxygen atoms in total. The Morgan fingerprint density at radius 2 is 1.90 bits per heavy atom. The highest BCUT2D eigenvalue weighted by Gasteiger charge is 2.12. The van der Waals surface area contributed by atoms with Crippen LogP contribution in [0.1, 0.15) is 12.5 Å². The number of aromatic nitrogens is 3. The van der Waals surface area contributed by atoms with Crippen molar-refractivity contribution in [3.8, 4) is 0 Å². The van der Waals surface area contributed by atoms with E-state index in [-0.39, 0.29) is 28.7 Å². The highest BCUT2D eigenvalue weighted by atomic mass is 32.2. The average molecular weight is 442 g/mol. The second-order valence-electron chi connectivity index (χ2n) is 6.17. The van der Waals surface area contributed by atoms with E-state index in [1.54, 1.807) is 42.5 Å². The fourth-order valence-corrected chi connectivity index (χ4v) is 3.05. The summed E-state index contributed by atoms with van der Waals surface area (Å²) < 4.78 is 14.7. The van der Waals surface area contributed by atoms with E-state index >= 15 is 0 Å². The standard InChI is InChI=1S/C19H19FN8O2S/c1-12(29)23-14-6-4-7-15(9-14)24-17(30)11-31-19-27-26-18(28(19)21)25-22-10-13-5-2-3-8-16(13)20/h2-10H,11,21H2,1H3,(H,23,29)(H,24,30)(H,25,26)/b22-10+. The van der Waals surface area contributed by atoms with E-state index < -0.39 is 5.82 Å². The van der Waals surface area contributed by atoms with Gasteiger partial charge in [0.25, 0.3) is 5.95 Å². The Kier molecular flexibility index (Phi) is 7.17. The first-order chi connectivity index (χ1) is 14.9. The topological polar surface area (TPSA) is 139 Å². The molecule has 2 aromatic carbocycles. The molecule has 0 bridgehead atoms. The summed E-state index contributed by atoms with van der Waals surface area (Å²) in [5.74, 6) is 5.15. The third-order valence-corrected chi connectivity index (χ3v) is 4.68. The first kappa shape index (κ1) is 21.8. The van der Waals surface area contributed by atoms with E-state index in [1.165, 1.54) is 19.2 Å². The Bertz CT molecular complexity index is 1120. The lowest BCUT2D eigenvalue weighted by molar-refractivity contribution is -0.114. The number of nitrogens with one attached hydrogen (secondary N) is 3. The van der Waals surface area contributed by atoms with Crippen molar-refractivity contribution >= 4 is 47.1 Å². The number of thioether (sulfide) groups is 1. The van der Waals surface area contributed by atoms with Crippen molar-refractivity contribution in [2.24, 2.45) is 5.10 Å². The normalized spacial score (nSPS) is 10.8. The highest BCUT2D eigenvalue weighted by molar-refractivity contribution is 7.99. The summed E-state index contributed by atoms with van der Waals surface area (Å²) >= 11 is 1.07. The van der Waals surface area contributed by atoms with Gasteiger partial charge >= 0.3 is 0 Å². The van der Waals surface area contributed by atoms with Crippen molar-refractivity contribution in [1.82, 2.24) is 14.9 Å². The van der Waals surface area contributed by atoms with Gasteiger partial charge in [0.2, 0.25) is 17.0 Å². The summed E-state index contributed by atoms with van der Waals surface area (Å²) in [6.07, 6.45) is 1.29. The van der Waals surface area contributed by atoms with Crippen LogP contribution in [-0.2, 0) is 9.59 Å². The first-order valence-electron chi connectivity index (χ1n) is 8.97. The molecule has 0 saturated heterocycles. The molecular formula is C19H19FN8O2S. The summed E-state index contributed by atoms with van der Waals surface area (Å²) in [4.78, 5) is 23.3. The van der Waals surface area contributed by atoms with Crippen molar-refractivity contribution in [2.75, 3.05) is 27.7 Å². The zero-order chi connectivity index (χ0) is 22.2. The lowest BCUT2D eigenvalue weighted by Gasteiger charge is -2.07. The van der Waals surface area contributed by atoms with Crippen LogP contribution in [0.4, 0.5) is 21.7 Å². The Morgan fingerprint density at radius 1 is 1.16 bits per heavy atom. The van der Waals surface area contributed by atoms with Gasteiger partial charge in [-0.3, -0.25) is 9.59 Å². The van der Waals surface area contributed by atoms with Crippen LogP contribution < -0.4 is 21.9 Å². The number of nitrogens with zero attached hydrogens (tertiary/aromatic N) is 4. The van der Waals surface area contributed by atoms with Gasteiger partial charge in [-0.1, -0.05) is 36.0 Å². The summed E-state index contributed by atoms with van der Waals surface area (Å²) in [5, 5.41) is 17.3. The molecule has 0 aliphatic heterocycles. The molecule has 0 unspecified atom stereocenters. The van der Waals surface area contributed by atoms with Crippen LogP contribution in [0.5, 0.6) is 0 Å². The predicted molar refractivity (Wildman–Crippen MR) is 118 cm³/mol. The zero-order valence-corrected chi connectivity index (χ0v) is 17.2. The fourth-order valence-electron chi connectivity index (χ4n) is 2.40. The predicted octanol–water partition coefficient (Wildman–Crippen LogP) is 2.27. The lowest BCUT2D eigenvalue weighted by Crippen LogP contribution is -2.17. The number of anilines is 3. The minimum absolute atomic E-state index is 0.0260. The number of carbonyl (C=O) groups excluding carboxylic acids is 2. The third kappa shape index (κ3) is 6.27. The fraction of sp³-hybridized carbons (Fsp3) is 0.105. The van der Waals surface area contributed by atoms with Crippen LogP contribution in [0.2, 0.25) is 0 Å². The number of hydrogen-bond acceptors (Lipinski definition) is 8. The van der Waals surface area contributed by atoms with Crippen LogP contribution in [0.25, 0.3) is 0 Å². The van der Waals surface area contributed by atoms with Crippen LogP contribution in [0.3, 0.4) is 0 Å². The van der Waals surface area contributed by atoms with Gasteiger partial charge in [-0.2, -0.15) is 5.10 Å². The molecule has 0 atom stereocenters. The number of halogens is 1. The Hall–Kier alpha value is -3.93. The molecule has 0 aliphatic rings. The van der Waals surface area contributed by atoms with Crippen LogP contribution >= 0.6 is 11.8 Å². The summed E-state index contributed by atoms with van der Waals surface area (Å²) in [7, 11) is 0. The van der Waals surface area contributed by atoms with E-state index in [9.17, 15) is 14.0 Å². The molecule has 1 aromatic heterocycles. The largest absolute Gasteiger partial charge is 0.334 e. The molecule has 0 radical (unpaired) electrons. The average Bonchev–Trinajstić information content (AvgIpc) is 3.07. The van der Waals surface area contributed by atoms with E-state index in [4.69, 9.17) is 5.84 Å². The number of amides is 2. The van der Waals surface area contributed by atoms with E-state index in [1.807, 2.05) is 0 Å². The van der Waals surface area contributed by atoms with Gasteiger partial charge in [0.05, 0.1) is 12.0 Å². The molecule has 31 heavy (non-hydrogen) atoms. The molecule has 3 aromatic rings. The SMILES string of the molecule is CC(=O)Nc1cccc(NC(=O)CSc2nnc(N/N=C/c3ccccc3F)n2N)c1. The summed E-state index contributed by atoms with van der Waals surface area (Å²) in [5.41, 5.74) is 3.99. The molecule has 1 heterocycles. The Labute approximate surface area is 181 Å². The number of hydrazone groups is 1. The minimum atomic E-state index is -0.410. The van der Waals surface area contributed by atoms with Crippen LogP contribution in [0, 0.1) is 5.82 Å². The van der Waals surface area contributed by atoms with Gasteiger partial charge in [0.1, 0.15) is 5.82 Å². The second kappa shape index (κ2) is 10.2. The van der Waals surface area contributed by atoms with Crippen LogP contribution in [-0.4, -0.2) is 38.7 Å². The lowest BCUT2D eigenvalue weighted by atomic mass is 10.2. The number of rotatable bonds is 8. The first-order valence-corrected chi connectivity index (χ1v) is 9.95. The van der Waals surface area contributed by atoms with Gasteiger partial charge in [-0.05, 0) is 24.3 Å². The maximum Gasteiger partial charge on any atom is 0.264 e. The number of carbonyl (C=O) groups is 2. The van der Waals surface area contributed by atoms with Gasteiger partial charge in [0, 0.05) is 23.9 Å². The van der Waals surface area contributed by atoms with Gasteiger partial charge in [-0.25, -0.2) is 14.5 Å². The van der Waals surface area contributed by atoms with Gasteiger partial charge in [-0.15, -0.1) is 10.2 Å². The number of nitrogen functional groups attached to an aromatic ring is 1. The Balaban J connectivity index is 1.53. The zero-order valence-electron chi connectivity index (χ0n) is 16.4. The monoisotopic (exact) mass is 442 g/mol. The molecule has 160 valence electrons. The third-order valence-electron chi connectivity index (χ3n) is 3.74. The molecule has 12 heteroatoms. The molecule has 0 aliphatic carbocycles. The van der Waals surface area contributed by atoms with E-state index in [2.05, 4.69) is 31.4 Å². The van der Waals surface area contributed by atoms with Crippen molar-refractivity contribution in [3.63, 3.8) is 0 Å². The maximum absolute atomic E-state index is 13.6. The Morgan fingerprint density at radius 3 is 2.65 bits per heavy atom. The molecular weight excluding hydrogens is 423 g/mol. The minimum Gasteiger partial charge on any atom is -0.334 e.